The molecule has 3 aromatic rings. The Kier molecular flexibility index (Phi) is 7.41. The van der Waals surface area contributed by atoms with Gasteiger partial charge in [-0.3, -0.25) is 4.79 Å². The normalized spacial score (nSPS) is 16.2. The van der Waals surface area contributed by atoms with Crippen LogP contribution in [-0.2, 0) is 9.31 Å². The Hall–Kier alpha value is -2.49. The smallest absolute Gasteiger partial charge is 0.455 e. The highest BCUT2D eigenvalue weighted by molar-refractivity contribution is 7.81. The Bertz CT molecular complexity index is 1180. The van der Waals surface area contributed by atoms with Crippen molar-refractivity contribution >= 4 is 48.0 Å². The Morgan fingerprint density at radius 3 is 2.12 bits per heavy atom. The molecule has 2 aromatic carbocycles. The standard InChI is InChI=1S/C23H26BFN2O4S.C2H6/c1-22(2)23(3,4)31-24(30-22)16-11-15-18(12-17(16)27(6)32)29-20(19(15)21(28)26-5)13-7-9-14(25)10-8-13;1-2/h7-12,32H,1-6H3,(H,26,28);1-2H3. The first-order valence-electron chi connectivity index (χ1n) is 11.3. The van der Waals surface area contributed by atoms with Crippen LogP contribution in [0.1, 0.15) is 51.9 Å². The number of furan rings is 1. The number of anilines is 1. The van der Waals surface area contributed by atoms with Crippen molar-refractivity contribution in [3.63, 3.8) is 0 Å². The molecular formula is C25H32BFN2O4S. The lowest BCUT2D eigenvalue weighted by molar-refractivity contribution is 0.00578. The minimum absolute atomic E-state index is 0.310. The monoisotopic (exact) mass is 486 g/mol. The van der Waals surface area contributed by atoms with E-state index in [2.05, 4.69) is 18.1 Å². The second-order valence-electron chi connectivity index (χ2n) is 8.91. The molecule has 1 fully saturated rings. The van der Waals surface area contributed by atoms with Crippen molar-refractivity contribution < 1.29 is 22.9 Å². The van der Waals surface area contributed by atoms with Crippen LogP contribution in [0.15, 0.2) is 40.8 Å². The van der Waals surface area contributed by atoms with Crippen LogP contribution in [0.4, 0.5) is 10.1 Å². The van der Waals surface area contributed by atoms with E-state index in [1.807, 2.05) is 53.7 Å². The number of carbonyl (C=O) groups is 1. The largest absolute Gasteiger partial charge is 0.497 e. The maximum atomic E-state index is 13.5. The number of thiol groups is 1. The zero-order valence-corrected chi connectivity index (χ0v) is 21.8. The van der Waals surface area contributed by atoms with E-state index in [1.165, 1.54) is 12.1 Å². The van der Waals surface area contributed by atoms with Gasteiger partial charge in [0.15, 0.2) is 0 Å². The van der Waals surface area contributed by atoms with Crippen molar-refractivity contribution in [1.29, 1.82) is 0 Å². The van der Waals surface area contributed by atoms with Gasteiger partial charge in [-0.15, -0.1) is 0 Å². The maximum Gasteiger partial charge on any atom is 0.497 e. The lowest BCUT2D eigenvalue weighted by Crippen LogP contribution is -2.41. The minimum Gasteiger partial charge on any atom is -0.455 e. The lowest BCUT2D eigenvalue weighted by atomic mass is 9.77. The molecule has 1 N–H and O–H groups in total. The molecule has 34 heavy (non-hydrogen) atoms. The van der Waals surface area contributed by atoms with E-state index in [-0.39, 0.29) is 11.7 Å². The molecule has 1 aliphatic heterocycles. The van der Waals surface area contributed by atoms with Crippen LogP contribution < -0.4 is 15.1 Å². The maximum absolute atomic E-state index is 13.5. The molecule has 1 amide bonds. The van der Waals surface area contributed by atoms with E-state index in [9.17, 15) is 9.18 Å². The highest BCUT2D eigenvalue weighted by Gasteiger charge is 2.52. The summed E-state index contributed by atoms with van der Waals surface area (Å²) in [5, 5.41) is 3.28. The van der Waals surface area contributed by atoms with Crippen LogP contribution >= 0.6 is 12.8 Å². The van der Waals surface area contributed by atoms with E-state index < -0.39 is 18.3 Å². The van der Waals surface area contributed by atoms with Crippen LogP contribution in [0.5, 0.6) is 0 Å². The molecule has 0 atom stereocenters. The van der Waals surface area contributed by atoms with Gasteiger partial charge < -0.3 is 23.3 Å². The summed E-state index contributed by atoms with van der Waals surface area (Å²) in [6, 6.07) is 9.49. The van der Waals surface area contributed by atoms with Gasteiger partial charge in [-0.1, -0.05) is 26.7 Å². The van der Waals surface area contributed by atoms with Crippen LogP contribution in [0.25, 0.3) is 22.3 Å². The molecule has 4 rings (SSSR count). The van der Waals surface area contributed by atoms with Crippen LogP contribution in [0.2, 0.25) is 0 Å². The van der Waals surface area contributed by atoms with Crippen LogP contribution in [-0.4, -0.2) is 38.3 Å². The van der Waals surface area contributed by atoms with Crippen molar-refractivity contribution in [2.75, 3.05) is 18.4 Å². The molecule has 0 saturated carbocycles. The van der Waals surface area contributed by atoms with Gasteiger partial charge in [-0.25, -0.2) is 4.39 Å². The first kappa shape index (κ1) is 26.1. The number of hydrogen-bond acceptors (Lipinski definition) is 6. The van der Waals surface area contributed by atoms with Crippen molar-refractivity contribution in [1.82, 2.24) is 5.32 Å². The molecule has 1 aliphatic rings. The predicted molar refractivity (Wildman–Crippen MR) is 139 cm³/mol. The zero-order chi connectivity index (χ0) is 25.4. The number of rotatable bonds is 4. The van der Waals surface area contributed by atoms with Gasteiger partial charge in [0.2, 0.25) is 0 Å². The molecular weight excluding hydrogens is 454 g/mol. The molecule has 0 aliphatic carbocycles. The number of halogens is 1. The van der Waals surface area contributed by atoms with Crippen LogP contribution in [0.3, 0.4) is 0 Å². The fraction of sp³-hybridized carbons (Fsp3) is 0.400. The zero-order valence-electron chi connectivity index (χ0n) is 20.9. The second kappa shape index (κ2) is 9.64. The first-order valence-corrected chi connectivity index (χ1v) is 11.7. The number of nitrogens with zero attached hydrogens (tertiary/aromatic N) is 1. The average Bonchev–Trinajstić information content (AvgIpc) is 3.27. The Morgan fingerprint density at radius 1 is 1.06 bits per heavy atom. The molecule has 0 radical (unpaired) electrons. The number of nitrogens with one attached hydrogen (secondary N) is 1. The second-order valence-corrected chi connectivity index (χ2v) is 9.51. The summed E-state index contributed by atoms with van der Waals surface area (Å²) in [6.45, 7) is 11.9. The van der Waals surface area contributed by atoms with E-state index in [1.54, 1.807) is 30.5 Å². The number of amides is 1. The van der Waals surface area contributed by atoms with Gasteiger partial charge in [0.05, 0.1) is 16.8 Å². The fourth-order valence-electron chi connectivity index (χ4n) is 3.74. The molecule has 182 valence electrons. The lowest BCUT2D eigenvalue weighted by Gasteiger charge is -2.32. The summed E-state index contributed by atoms with van der Waals surface area (Å²) < 4.78 is 33.8. The van der Waals surface area contributed by atoms with E-state index in [4.69, 9.17) is 13.7 Å². The summed E-state index contributed by atoms with van der Waals surface area (Å²) in [5.41, 5.74) is 1.85. The highest BCUT2D eigenvalue weighted by Crippen LogP contribution is 2.39. The third-order valence-electron chi connectivity index (χ3n) is 6.25. The van der Waals surface area contributed by atoms with Gasteiger partial charge in [0.1, 0.15) is 17.2 Å². The summed E-state index contributed by atoms with van der Waals surface area (Å²) in [4.78, 5) is 12.9. The highest BCUT2D eigenvalue weighted by atomic mass is 32.1. The molecule has 9 heteroatoms. The first-order chi connectivity index (χ1) is 15.9. The van der Waals surface area contributed by atoms with Crippen molar-refractivity contribution in [3.8, 4) is 11.3 Å². The van der Waals surface area contributed by atoms with E-state index in [0.717, 1.165) is 11.2 Å². The van der Waals surface area contributed by atoms with Gasteiger partial charge in [-0.05, 0) is 58.0 Å². The third kappa shape index (κ3) is 4.56. The van der Waals surface area contributed by atoms with Gasteiger partial charge in [0, 0.05) is 42.3 Å². The summed E-state index contributed by atoms with van der Waals surface area (Å²) in [6.07, 6.45) is 0. The average molecular weight is 486 g/mol. The molecule has 0 unspecified atom stereocenters. The Balaban J connectivity index is 0.00000158. The molecule has 0 spiro atoms. The van der Waals surface area contributed by atoms with E-state index >= 15 is 0 Å². The van der Waals surface area contributed by atoms with E-state index in [0.29, 0.717) is 27.9 Å². The summed E-state index contributed by atoms with van der Waals surface area (Å²) in [5.74, 6) is -0.318. The van der Waals surface area contributed by atoms with Crippen molar-refractivity contribution in [2.24, 2.45) is 0 Å². The van der Waals surface area contributed by atoms with Crippen molar-refractivity contribution in [3.05, 3.63) is 47.8 Å². The topological polar surface area (TPSA) is 63.9 Å². The predicted octanol–water partition coefficient (Wildman–Crippen LogP) is 5.20. The fourth-order valence-corrected chi connectivity index (χ4v) is 3.92. The number of carbonyl (C=O) groups excluding carboxylic acids is 1. The Morgan fingerprint density at radius 2 is 1.62 bits per heavy atom. The molecule has 1 saturated heterocycles. The third-order valence-corrected chi connectivity index (χ3v) is 6.47. The summed E-state index contributed by atoms with van der Waals surface area (Å²) >= 11 is 4.49. The number of fused-ring (bicyclic) bond motifs is 1. The minimum atomic E-state index is -0.657. The number of hydrogen-bond donors (Lipinski definition) is 2. The Labute approximate surface area is 206 Å². The van der Waals surface area contributed by atoms with Crippen LogP contribution in [0, 0.1) is 5.82 Å². The number of benzene rings is 2. The quantitative estimate of drug-likeness (QED) is 0.392. The van der Waals surface area contributed by atoms with Crippen molar-refractivity contribution in [2.45, 2.75) is 52.7 Å². The van der Waals surface area contributed by atoms with Gasteiger partial charge >= 0.3 is 7.12 Å². The molecule has 1 aromatic heterocycles. The molecule has 0 bridgehead atoms. The van der Waals surface area contributed by atoms with Gasteiger partial charge in [0.25, 0.3) is 5.91 Å². The van der Waals surface area contributed by atoms with Gasteiger partial charge in [-0.2, -0.15) is 0 Å². The summed E-state index contributed by atoms with van der Waals surface area (Å²) in [7, 11) is 2.69. The SMILES string of the molecule is CC.CNC(=O)c1c(-c2ccc(F)cc2)oc2cc(N(C)S)c(B3OC(C)(C)C(C)(C)O3)cc12. The molecule has 6 nitrogen and oxygen atoms in total. The molecule has 2 heterocycles.